The van der Waals surface area contributed by atoms with Crippen LogP contribution >= 0.6 is 22.6 Å². The molecule has 2 rings (SSSR count). The molecule has 0 aliphatic carbocycles. The molecule has 0 spiro atoms. The highest BCUT2D eigenvalue weighted by atomic mass is 127. The first-order chi connectivity index (χ1) is 8.65. The molecule has 0 fully saturated rings. The van der Waals surface area contributed by atoms with Crippen molar-refractivity contribution >= 4 is 39.3 Å². The third kappa shape index (κ3) is 2.51. The molecule has 1 amide bonds. The fourth-order valence-corrected chi connectivity index (χ4v) is 3.29. The second-order valence-corrected chi connectivity index (χ2v) is 5.49. The predicted octanol–water partition coefficient (Wildman–Crippen LogP) is 3.89. The first-order valence-electron chi connectivity index (χ1n) is 6.15. The van der Waals surface area contributed by atoms with E-state index in [-0.39, 0.29) is 5.91 Å². The van der Waals surface area contributed by atoms with Crippen molar-refractivity contribution in [3.8, 4) is 0 Å². The number of hydrogen-bond acceptors (Lipinski definition) is 1. The molecule has 0 saturated heterocycles. The summed E-state index contributed by atoms with van der Waals surface area (Å²) in [4.78, 5) is 11.7. The molecule has 0 atom stereocenters. The van der Waals surface area contributed by atoms with Crippen LogP contribution in [0.15, 0.2) is 30.3 Å². The zero-order chi connectivity index (χ0) is 13.1. The van der Waals surface area contributed by atoms with Gasteiger partial charge in [0.05, 0.1) is 5.56 Å². The molecule has 94 valence electrons. The van der Waals surface area contributed by atoms with Crippen molar-refractivity contribution in [2.75, 3.05) is 0 Å². The van der Waals surface area contributed by atoms with Crippen molar-refractivity contribution in [2.24, 2.45) is 5.73 Å². The fraction of sp³-hybridized carbons (Fsp3) is 0.267. The van der Waals surface area contributed by atoms with Gasteiger partial charge in [-0.1, -0.05) is 43.7 Å². The molecule has 3 heteroatoms. The van der Waals surface area contributed by atoms with E-state index >= 15 is 0 Å². The van der Waals surface area contributed by atoms with E-state index in [4.69, 9.17) is 5.73 Å². The van der Waals surface area contributed by atoms with Crippen LogP contribution in [0.5, 0.6) is 0 Å². The Morgan fingerprint density at radius 1 is 1.33 bits per heavy atom. The number of carbonyl (C=O) groups is 1. The van der Waals surface area contributed by atoms with Crippen LogP contribution in [-0.4, -0.2) is 5.91 Å². The second kappa shape index (κ2) is 5.69. The molecular formula is C15H16INO. The minimum Gasteiger partial charge on any atom is -0.366 e. The molecule has 0 aromatic heterocycles. The number of amides is 1. The van der Waals surface area contributed by atoms with E-state index in [0.717, 1.165) is 33.8 Å². The Labute approximate surface area is 121 Å². The lowest BCUT2D eigenvalue weighted by Gasteiger charge is -2.12. The average Bonchev–Trinajstić information content (AvgIpc) is 2.36. The molecular weight excluding hydrogens is 337 g/mol. The fourth-order valence-electron chi connectivity index (χ4n) is 2.19. The van der Waals surface area contributed by atoms with Crippen LogP contribution in [0.4, 0.5) is 0 Å². The van der Waals surface area contributed by atoms with Crippen molar-refractivity contribution < 1.29 is 4.79 Å². The Morgan fingerprint density at radius 3 is 2.72 bits per heavy atom. The number of unbranched alkanes of at least 4 members (excludes halogenated alkanes) is 1. The van der Waals surface area contributed by atoms with Gasteiger partial charge in [0.15, 0.2) is 0 Å². The van der Waals surface area contributed by atoms with Crippen LogP contribution in [0.2, 0.25) is 0 Å². The zero-order valence-corrected chi connectivity index (χ0v) is 12.5. The molecule has 0 aliphatic heterocycles. The molecule has 0 heterocycles. The molecule has 0 unspecified atom stereocenters. The van der Waals surface area contributed by atoms with Crippen molar-refractivity contribution in [3.05, 3.63) is 45.0 Å². The van der Waals surface area contributed by atoms with Crippen molar-refractivity contribution in [3.63, 3.8) is 0 Å². The minimum atomic E-state index is -0.323. The van der Waals surface area contributed by atoms with Gasteiger partial charge in [0.1, 0.15) is 0 Å². The van der Waals surface area contributed by atoms with Gasteiger partial charge in [-0.25, -0.2) is 0 Å². The third-order valence-electron chi connectivity index (χ3n) is 3.11. The van der Waals surface area contributed by atoms with E-state index in [1.807, 2.05) is 18.2 Å². The molecule has 0 saturated carbocycles. The molecule has 18 heavy (non-hydrogen) atoms. The molecule has 2 aromatic rings. The highest BCUT2D eigenvalue weighted by Crippen LogP contribution is 2.28. The maximum atomic E-state index is 11.7. The lowest BCUT2D eigenvalue weighted by molar-refractivity contribution is 0.0998. The number of fused-ring (bicyclic) bond motifs is 1. The van der Waals surface area contributed by atoms with E-state index in [0.29, 0.717) is 5.56 Å². The normalized spacial score (nSPS) is 10.8. The number of rotatable bonds is 4. The van der Waals surface area contributed by atoms with Gasteiger partial charge in [0.2, 0.25) is 5.91 Å². The summed E-state index contributed by atoms with van der Waals surface area (Å²) in [7, 11) is 0. The van der Waals surface area contributed by atoms with Gasteiger partial charge >= 0.3 is 0 Å². The van der Waals surface area contributed by atoms with Crippen LogP contribution in [0.1, 0.15) is 35.7 Å². The quantitative estimate of drug-likeness (QED) is 0.833. The Kier molecular flexibility index (Phi) is 4.22. The number of benzene rings is 2. The van der Waals surface area contributed by atoms with Gasteiger partial charge in [-0.15, -0.1) is 0 Å². The monoisotopic (exact) mass is 353 g/mol. The van der Waals surface area contributed by atoms with E-state index in [9.17, 15) is 4.79 Å². The summed E-state index contributed by atoms with van der Waals surface area (Å²) in [5, 5.41) is 2.28. The highest BCUT2D eigenvalue weighted by molar-refractivity contribution is 14.1. The average molecular weight is 353 g/mol. The Balaban J connectivity index is 2.67. The number of primary amides is 1. The lowest BCUT2D eigenvalue weighted by Crippen LogP contribution is -2.16. The highest BCUT2D eigenvalue weighted by Gasteiger charge is 2.15. The predicted molar refractivity (Wildman–Crippen MR) is 83.8 cm³/mol. The SMILES string of the molecule is CCCCc1cc2ccccc2c(I)c1C(N)=O. The van der Waals surface area contributed by atoms with E-state index < -0.39 is 0 Å². The molecule has 2 aromatic carbocycles. The van der Waals surface area contributed by atoms with Crippen LogP contribution < -0.4 is 5.73 Å². The summed E-state index contributed by atoms with van der Waals surface area (Å²) in [5.74, 6) is -0.323. The maximum absolute atomic E-state index is 11.7. The zero-order valence-electron chi connectivity index (χ0n) is 10.4. The van der Waals surface area contributed by atoms with Crippen LogP contribution in [0.25, 0.3) is 10.8 Å². The number of halogens is 1. The number of hydrogen-bond donors (Lipinski definition) is 1. The molecule has 0 aliphatic rings. The van der Waals surface area contributed by atoms with Gasteiger partial charge in [0, 0.05) is 3.57 Å². The Morgan fingerprint density at radius 2 is 2.06 bits per heavy atom. The van der Waals surface area contributed by atoms with Crippen LogP contribution in [0, 0.1) is 3.57 Å². The molecule has 2 N–H and O–H groups in total. The summed E-state index contributed by atoms with van der Waals surface area (Å²) in [6.07, 6.45) is 3.10. The summed E-state index contributed by atoms with van der Waals surface area (Å²) < 4.78 is 0.976. The molecule has 0 radical (unpaired) electrons. The van der Waals surface area contributed by atoms with Crippen molar-refractivity contribution in [1.29, 1.82) is 0 Å². The topological polar surface area (TPSA) is 43.1 Å². The maximum Gasteiger partial charge on any atom is 0.250 e. The lowest BCUT2D eigenvalue weighted by atomic mass is 9.97. The third-order valence-corrected chi connectivity index (χ3v) is 4.23. The Hall–Kier alpha value is -1.10. The van der Waals surface area contributed by atoms with E-state index in [1.54, 1.807) is 0 Å². The first-order valence-corrected chi connectivity index (χ1v) is 7.23. The number of carbonyl (C=O) groups excluding carboxylic acids is 1. The summed E-state index contributed by atoms with van der Waals surface area (Å²) in [6.45, 7) is 2.15. The van der Waals surface area contributed by atoms with Gasteiger partial charge in [0.25, 0.3) is 0 Å². The van der Waals surface area contributed by atoms with Crippen LogP contribution in [0.3, 0.4) is 0 Å². The summed E-state index contributed by atoms with van der Waals surface area (Å²) in [5.41, 5.74) is 7.31. The standard InChI is InChI=1S/C15H16INO/c1-2-3-6-11-9-10-7-4-5-8-12(10)14(16)13(11)15(17)18/h4-5,7-9H,2-3,6H2,1H3,(H2,17,18). The first kappa shape index (κ1) is 13.3. The minimum absolute atomic E-state index is 0.323. The van der Waals surface area contributed by atoms with E-state index in [1.165, 1.54) is 5.39 Å². The molecule has 2 nitrogen and oxygen atoms in total. The smallest absolute Gasteiger partial charge is 0.250 e. The van der Waals surface area contributed by atoms with Gasteiger partial charge in [-0.3, -0.25) is 4.79 Å². The van der Waals surface area contributed by atoms with Crippen molar-refractivity contribution in [2.45, 2.75) is 26.2 Å². The van der Waals surface area contributed by atoms with E-state index in [2.05, 4.69) is 41.6 Å². The Bertz CT molecular complexity index is 592. The second-order valence-electron chi connectivity index (χ2n) is 4.41. The summed E-state index contributed by atoms with van der Waals surface area (Å²) in [6, 6.07) is 10.2. The van der Waals surface area contributed by atoms with Crippen molar-refractivity contribution in [1.82, 2.24) is 0 Å². The molecule has 0 bridgehead atoms. The largest absolute Gasteiger partial charge is 0.366 e. The summed E-state index contributed by atoms with van der Waals surface area (Å²) >= 11 is 2.23. The van der Waals surface area contributed by atoms with Gasteiger partial charge in [-0.2, -0.15) is 0 Å². The number of aryl methyl sites for hydroxylation is 1. The van der Waals surface area contributed by atoms with Gasteiger partial charge < -0.3 is 5.73 Å². The number of nitrogens with two attached hydrogens (primary N) is 1. The van der Waals surface area contributed by atoms with Gasteiger partial charge in [-0.05, 0) is 51.8 Å². The van der Waals surface area contributed by atoms with Crippen LogP contribution in [-0.2, 0) is 6.42 Å².